The number of carboxylic acid groups (broad SMARTS) is 1. The first kappa shape index (κ1) is 33.6. The third-order valence-electron chi connectivity index (χ3n) is 7.60. The number of aliphatic hydroxyl groups excluding tert-OH is 4. The van der Waals surface area contributed by atoms with Crippen molar-refractivity contribution >= 4 is 17.6 Å². The van der Waals surface area contributed by atoms with Crippen LogP contribution in [0.2, 0.25) is 5.02 Å². The second-order valence-electron chi connectivity index (χ2n) is 11.1. The highest BCUT2D eigenvalue weighted by Crippen LogP contribution is 2.34. The minimum atomic E-state index is -1.42. The zero-order valence-electron chi connectivity index (χ0n) is 24.3. The molecule has 44 heavy (non-hydrogen) atoms. The summed E-state index contributed by atoms with van der Waals surface area (Å²) in [5.41, 5.74) is 8.79. The minimum Gasteiger partial charge on any atom is -0.490 e. The Morgan fingerprint density at radius 1 is 0.977 bits per heavy atom. The number of rotatable bonds is 11. The van der Waals surface area contributed by atoms with Crippen molar-refractivity contribution in [2.24, 2.45) is 11.7 Å². The number of aliphatic carboxylic acids is 1. The largest absolute Gasteiger partial charge is 0.490 e. The van der Waals surface area contributed by atoms with Gasteiger partial charge in [0.2, 0.25) is 0 Å². The smallest absolute Gasteiger partial charge is 0.320 e. The molecule has 0 bridgehead atoms. The number of benzene rings is 3. The summed E-state index contributed by atoms with van der Waals surface area (Å²) in [6, 6.07) is 21.6. The molecular formula is C34H40ClNO8. The van der Waals surface area contributed by atoms with Crippen molar-refractivity contribution in [3.05, 3.63) is 112 Å². The number of aliphatic hydroxyl groups is 4. The van der Waals surface area contributed by atoms with E-state index in [-0.39, 0.29) is 0 Å². The van der Waals surface area contributed by atoms with Gasteiger partial charge in [-0.25, -0.2) is 0 Å². The fourth-order valence-electron chi connectivity index (χ4n) is 4.84. The molecule has 3 aromatic carbocycles. The van der Waals surface area contributed by atoms with Gasteiger partial charge in [-0.05, 0) is 72.1 Å². The molecule has 3 aromatic rings. The van der Waals surface area contributed by atoms with E-state index in [9.17, 15) is 25.2 Å². The Balaban J connectivity index is 0.000000309. The predicted molar refractivity (Wildman–Crippen MR) is 167 cm³/mol. The second-order valence-corrected chi connectivity index (χ2v) is 11.5. The number of hydrogen-bond acceptors (Lipinski definition) is 8. The van der Waals surface area contributed by atoms with Gasteiger partial charge in [-0.15, -0.1) is 0 Å². The van der Waals surface area contributed by atoms with Crippen molar-refractivity contribution in [1.82, 2.24) is 0 Å². The normalized spacial score (nSPS) is 23.9. The molecule has 0 radical (unpaired) electrons. The maximum atomic E-state index is 10.4. The summed E-state index contributed by atoms with van der Waals surface area (Å²) >= 11 is 6.41. The van der Waals surface area contributed by atoms with E-state index >= 15 is 0 Å². The second kappa shape index (κ2) is 16.2. The number of carbonyl (C=O) groups is 1. The molecule has 7 N–H and O–H groups in total. The number of carboxylic acids is 1. The lowest BCUT2D eigenvalue weighted by Crippen LogP contribution is -2.55. The lowest BCUT2D eigenvalue weighted by atomic mass is 9.90. The molecule has 2 fully saturated rings. The number of hydrogen-bond donors (Lipinski definition) is 6. The summed E-state index contributed by atoms with van der Waals surface area (Å²) in [5, 5.41) is 49.0. The first-order valence-electron chi connectivity index (χ1n) is 14.7. The quantitative estimate of drug-likeness (QED) is 0.175. The third kappa shape index (κ3) is 9.61. The lowest BCUT2D eigenvalue weighted by Gasteiger charge is -2.40. The maximum absolute atomic E-state index is 10.4. The highest BCUT2D eigenvalue weighted by Gasteiger charge is 2.44. The van der Waals surface area contributed by atoms with Crippen molar-refractivity contribution in [2.45, 2.75) is 62.2 Å². The van der Waals surface area contributed by atoms with Crippen LogP contribution < -0.4 is 10.5 Å². The van der Waals surface area contributed by atoms with E-state index in [1.54, 1.807) is 12.1 Å². The average Bonchev–Trinajstić information content (AvgIpc) is 3.86. The van der Waals surface area contributed by atoms with Crippen molar-refractivity contribution < 1.29 is 39.8 Å². The van der Waals surface area contributed by atoms with Gasteiger partial charge in [0.15, 0.2) is 0 Å². The third-order valence-corrected chi connectivity index (χ3v) is 7.97. The van der Waals surface area contributed by atoms with Crippen LogP contribution in [0, 0.1) is 5.92 Å². The summed E-state index contributed by atoms with van der Waals surface area (Å²) in [6.07, 6.45) is 1.81. The zero-order valence-corrected chi connectivity index (χ0v) is 25.0. The SMILES string of the molecule is N[C@@H](Cc1ccccc1)C(=O)O.OC[C@H]1O[C@@H](c2ccc(Cl)c(Cc3ccc(OC/C=C/C4CC4)cc3)c2)[C@H](O)[C@@H](O)[C@@H]1O. The fraction of sp³-hybridized carbons (Fsp3) is 0.382. The Kier molecular flexibility index (Phi) is 12.3. The number of halogens is 1. The topological polar surface area (TPSA) is 163 Å². The molecule has 5 rings (SSSR count). The molecule has 0 unspecified atom stereocenters. The monoisotopic (exact) mass is 625 g/mol. The van der Waals surface area contributed by atoms with Crippen molar-refractivity contribution in [1.29, 1.82) is 0 Å². The van der Waals surface area contributed by atoms with E-state index in [0.717, 1.165) is 28.4 Å². The van der Waals surface area contributed by atoms with Crippen LogP contribution in [0.25, 0.3) is 0 Å². The Labute approximate surface area is 262 Å². The van der Waals surface area contributed by atoms with E-state index in [0.29, 0.717) is 30.0 Å². The van der Waals surface area contributed by atoms with Gasteiger partial charge in [0, 0.05) is 5.02 Å². The highest BCUT2D eigenvalue weighted by molar-refractivity contribution is 6.31. The van der Waals surface area contributed by atoms with Gasteiger partial charge in [-0.1, -0.05) is 78.4 Å². The first-order valence-corrected chi connectivity index (χ1v) is 15.0. The molecule has 236 valence electrons. The van der Waals surface area contributed by atoms with Gasteiger partial charge < -0.3 is 40.7 Å². The molecule has 1 saturated carbocycles. The molecule has 0 aromatic heterocycles. The van der Waals surface area contributed by atoms with Gasteiger partial charge in [-0.3, -0.25) is 4.79 Å². The minimum absolute atomic E-state index is 0.385. The van der Waals surface area contributed by atoms with Crippen LogP contribution in [0.4, 0.5) is 0 Å². The van der Waals surface area contributed by atoms with E-state index in [1.165, 1.54) is 12.8 Å². The standard InChI is InChI=1S/C25H29ClO6.C9H11NO2/c26-20-10-7-17(25-24(30)23(29)22(28)21(14-27)32-25)13-18(20)12-16-5-8-19(9-6-16)31-11-1-2-15-3-4-15;10-8(9(11)12)6-7-4-2-1-3-5-7/h1-2,5-10,13,15,21-25,27-30H,3-4,11-12,14H2;1-5,8H,6,10H2,(H,11,12)/b2-1+;/t21-,22-,23+,24-,25+;8-/m10/s1. The number of nitrogens with two attached hydrogens (primary N) is 1. The van der Waals surface area contributed by atoms with Crippen LogP contribution in [0.3, 0.4) is 0 Å². The molecule has 2 aliphatic rings. The molecule has 1 aliphatic carbocycles. The van der Waals surface area contributed by atoms with Gasteiger partial charge in [0.1, 0.15) is 48.9 Å². The Morgan fingerprint density at radius 2 is 1.68 bits per heavy atom. The Hall–Kier alpha value is -3.28. The predicted octanol–water partition coefficient (Wildman–Crippen LogP) is 3.43. The van der Waals surface area contributed by atoms with Gasteiger partial charge in [0.25, 0.3) is 0 Å². The Bertz CT molecular complexity index is 1360. The molecule has 1 saturated heterocycles. The fourth-order valence-corrected chi connectivity index (χ4v) is 5.03. The molecule has 10 heteroatoms. The van der Waals surface area contributed by atoms with Crippen molar-refractivity contribution in [3.63, 3.8) is 0 Å². The van der Waals surface area contributed by atoms with Crippen LogP contribution in [0.15, 0.2) is 84.9 Å². The summed E-state index contributed by atoms with van der Waals surface area (Å²) in [7, 11) is 0. The van der Waals surface area contributed by atoms with Crippen LogP contribution in [-0.2, 0) is 22.4 Å². The van der Waals surface area contributed by atoms with Crippen LogP contribution >= 0.6 is 11.6 Å². The lowest BCUT2D eigenvalue weighted by molar-refractivity contribution is -0.231. The van der Waals surface area contributed by atoms with Crippen LogP contribution in [0.5, 0.6) is 5.75 Å². The van der Waals surface area contributed by atoms with Crippen LogP contribution in [-0.4, -0.2) is 75.2 Å². The average molecular weight is 626 g/mol. The van der Waals surface area contributed by atoms with Crippen LogP contribution in [0.1, 0.15) is 41.2 Å². The van der Waals surface area contributed by atoms with Gasteiger partial charge in [-0.2, -0.15) is 0 Å². The van der Waals surface area contributed by atoms with E-state index in [2.05, 4.69) is 12.2 Å². The number of ether oxygens (including phenoxy) is 2. The molecule has 6 atom stereocenters. The molecule has 1 aliphatic heterocycles. The molecule has 0 amide bonds. The van der Waals surface area contributed by atoms with E-state index in [1.807, 2.05) is 60.7 Å². The van der Waals surface area contributed by atoms with E-state index in [4.69, 9.17) is 31.9 Å². The summed E-state index contributed by atoms with van der Waals surface area (Å²) < 4.78 is 11.4. The first-order chi connectivity index (χ1) is 21.2. The molecular weight excluding hydrogens is 586 g/mol. The molecule has 9 nitrogen and oxygen atoms in total. The maximum Gasteiger partial charge on any atom is 0.320 e. The van der Waals surface area contributed by atoms with Crippen molar-refractivity contribution in [2.75, 3.05) is 13.2 Å². The number of allylic oxidation sites excluding steroid dienone is 1. The summed E-state index contributed by atoms with van der Waals surface area (Å²) in [4.78, 5) is 10.4. The highest BCUT2D eigenvalue weighted by atomic mass is 35.5. The molecule has 0 spiro atoms. The van der Waals surface area contributed by atoms with Crippen molar-refractivity contribution in [3.8, 4) is 5.75 Å². The van der Waals surface area contributed by atoms with E-state index < -0.39 is 49.1 Å². The Morgan fingerprint density at radius 3 is 2.32 bits per heavy atom. The molecule has 1 heterocycles. The summed E-state index contributed by atoms with van der Waals surface area (Å²) in [5.74, 6) is 0.582. The van der Waals surface area contributed by atoms with Gasteiger partial charge >= 0.3 is 5.97 Å². The van der Waals surface area contributed by atoms with Gasteiger partial charge in [0.05, 0.1) is 6.61 Å². The zero-order chi connectivity index (χ0) is 31.6. The summed E-state index contributed by atoms with van der Waals surface area (Å²) in [6.45, 7) is 0.0928.